The Balaban J connectivity index is 2.02. The van der Waals surface area contributed by atoms with E-state index >= 15 is 0 Å². The maximum absolute atomic E-state index is 12.1. The van der Waals surface area contributed by atoms with Crippen molar-refractivity contribution in [3.05, 3.63) is 67.7 Å². The zero-order chi connectivity index (χ0) is 17.7. The average molecular weight is 368 g/mol. The second-order valence-electron chi connectivity index (χ2n) is 4.98. The fraction of sp³-hybridized carbons (Fsp3) is 0.188. The van der Waals surface area contributed by atoms with Crippen LogP contribution in [0.15, 0.2) is 36.4 Å². The lowest BCUT2D eigenvalue weighted by Gasteiger charge is -2.08. The first-order chi connectivity index (χ1) is 11.4. The van der Waals surface area contributed by atoms with E-state index in [1.165, 1.54) is 18.2 Å². The molecule has 0 atom stereocenters. The molecule has 1 amide bonds. The predicted octanol–water partition coefficient (Wildman–Crippen LogP) is 3.92. The van der Waals surface area contributed by atoms with Gasteiger partial charge in [-0.05, 0) is 36.2 Å². The second-order valence-corrected chi connectivity index (χ2v) is 5.82. The molecule has 0 radical (unpaired) electrons. The van der Waals surface area contributed by atoms with Crippen molar-refractivity contribution >= 4 is 40.5 Å². The first-order valence-corrected chi connectivity index (χ1v) is 7.86. The molecule has 0 aliphatic rings. The number of hydrogen-bond acceptors (Lipinski definition) is 4. The zero-order valence-corrected chi connectivity index (χ0v) is 14.3. The number of carbonyl (C=O) groups excluding carboxylic acids is 1. The van der Waals surface area contributed by atoms with Gasteiger partial charge in [-0.15, -0.1) is 0 Å². The molecule has 0 saturated carbocycles. The van der Waals surface area contributed by atoms with Gasteiger partial charge >= 0.3 is 0 Å². The van der Waals surface area contributed by atoms with E-state index in [1.807, 2.05) is 0 Å². The maximum Gasteiger partial charge on any atom is 0.293 e. The van der Waals surface area contributed by atoms with Gasteiger partial charge in [0, 0.05) is 35.3 Å². The van der Waals surface area contributed by atoms with Gasteiger partial charge in [0.25, 0.3) is 11.6 Å². The molecule has 2 aromatic carbocycles. The van der Waals surface area contributed by atoms with Gasteiger partial charge in [-0.2, -0.15) is 0 Å². The Kier molecular flexibility index (Phi) is 6.00. The topological polar surface area (TPSA) is 84.3 Å². The van der Waals surface area contributed by atoms with Crippen molar-refractivity contribution in [2.24, 2.45) is 0 Å². The van der Waals surface area contributed by atoms with E-state index < -0.39 is 4.92 Å². The number of hydrogen-bond donors (Lipinski definition) is 2. The van der Waals surface area contributed by atoms with Crippen LogP contribution in [0.1, 0.15) is 15.9 Å². The Labute approximate surface area is 148 Å². The molecule has 0 aliphatic carbocycles. The SMILES string of the molecule is CNc1ccc(C(=O)NCCc2ccc(Cl)cc2Cl)cc1[N+](=O)[O-]. The third-order valence-corrected chi connectivity index (χ3v) is 4.01. The molecule has 0 bridgehead atoms. The quantitative estimate of drug-likeness (QED) is 0.598. The molecule has 0 spiro atoms. The standard InChI is InChI=1S/C16H15Cl2N3O3/c1-19-14-5-3-11(8-15(14)21(23)24)16(22)20-7-6-10-2-4-12(17)9-13(10)18/h2-5,8-9,19H,6-7H2,1H3,(H,20,22). The number of nitrogens with one attached hydrogen (secondary N) is 2. The van der Waals surface area contributed by atoms with E-state index in [4.69, 9.17) is 23.2 Å². The van der Waals surface area contributed by atoms with Crippen LogP contribution < -0.4 is 10.6 Å². The second kappa shape index (κ2) is 7.99. The van der Waals surface area contributed by atoms with Gasteiger partial charge in [-0.3, -0.25) is 14.9 Å². The van der Waals surface area contributed by atoms with Crippen molar-refractivity contribution in [3.8, 4) is 0 Å². The van der Waals surface area contributed by atoms with E-state index in [2.05, 4.69) is 10.6 Å². The summed E-state index contributed by atoms with van der Waals surface area (Å²) in [7, 11) is 1.58. The van der Waals surface area contributed by atoms with Crippen molar-refractivity contribution in [2.45, 2.75) is 6.42 Å². The summed E-state index contributed by atoms with van der Waals surface area (Å²) in [5, 5.41) is 17.5. The number of carbonyl (C=O) groups is 1. The molecule has 2 N–H and O–H groups in total. The molecule has 126 valence electrons. The Morgan fingerprint density at radius 1 is 1.21 bits per heavy atom. The monoisotopic (exact) mass is 367 g/mol. The highest BCUT2D eigenvalue weighted by Crippen LogP contribution is 2.25. The summed E-state index contributed by atoms with van der Waals surface area (Å²) in [4.78, 5) is 22.6. The number of nitrogens with zero attached hydrogens (tertiary/aromatic N) is 1. The van der Waals surface area contributed by atoms with Crippen molar-refractivity contribution in [3.63, 3.8) is 0 Å². The first kappa shape index (κ1) is 18.0. The number of halogens is 2. The van der Waals surface area contributed by atoms with E-state index in [9.17, 15) is 14.9 Å². The highest BCUT2D eigenvalue weighted by Gasteiger charge is 2.16. The number of nitro benzene ring substituents is 1. The highest BCUT2D eigenvalue weighted by molar-refractivity contribution is 6.35. The van der Waals surface area contributed by atoms with Crippen LogP contribution in [0.2, 0.25) is 10.0 Å². The molecular weight excluding hydrogens is 353 g/mol. The van der Waals surface area contributed by atoms with Crippen molar-refractivity contribution in [2.75, 3.05) is 18.9 Å². The molecule has 8 heteroatoms. The molecule has 0 heterocycles. The van der Waals surface area contributed by atoms with Crippen LogP contribution in [-0.4, -0.2) is 24.4 Å². The van der Waals surface area contributed by atoms with Crippen LogP contribution in [-0.2, 0) is 6.42 Å². The van der Waals surface area contributed by atoms with E-state index in [1.54, 1.807) is 25.2 Å². The van der Waals surface area contributed by atoms with Crippen molar-refractivity contribution in [1.29, 1.82) is 0 Å². The maximum atomic E-state index is 12.1. The van der Waals surface area contributed by atoms with Gasteiger partial charge in [-0.1, -0.05) is 29.3 Å². The Hall–Kier alpha value is -2.31. The molecule has 0 unspecified atom stereocenters. The number of rotatable bonds is 6. The lowest BCUT2D eigenvalue weighted by atomic mass is 10.1. The Bertz CT molecular complexity index is 781. The van der Waals surface area contributed by atoms with Crippen LogP contribution in [0, 0.1) is 10.1 Å². The lowest BCUT2D eigenvalue weighted by molar-refractivity contribution is -0.384. The molecule has 2 rings (SSSR count). The summed E-state index contributed by atoms with van der Waals surface area (Å²) in [6.07, 6.45) is 0.526. The minimum Gasteiger partial charge on any atom is -0.383 e. The number of benzene rings is 2. The van der Waals surface area contributed by atoms with Gasteiger partial charge in [-0.25, -0.2) is 0 Å². The molecule has 0 fully saturated rings. The van der Waals surface area contributed by atoms with E-state index in [-0.39, 0.29) is 17.2 Å². The van der Waals surface area contributed by atoms with E-state index in [0.717, 1.165) is 5.56 Å². The van der Waals surface area contributed by atoms with Crippen molar-refractivity contribution in [1.82, 2.24) is 5.32 Å². The Morgan fingerprint density at radius 3 is 2.58 bits per heavy atom. The van der Waals surface area contributed by atoms with Crippen LogP contribution in [0.5, 0.6) is 0 Å². The van der Waals surface area contributed by atoms with Gasteiger partial charge in [0.15, 0.2) is 0 Å². The fourth-order valence-electron chi connectivity index (χ4n) is 2.17. The minimum atomic E-state index is -0.532. The fourth-order valence-corrected chi connectivity index (χ4v) is 2.68. The molecule has 24 heavy (non-hydrogen) atoms. The summed E-state index contributed by atoms with van der Waals surface area (Å²) in [6.45, 7) is 0.349. The Morgan fingerprint density at radius 2 is 1.96 bits per heavy atom. The summed E-state index contributed by atoms with van der Waals surface area (Å²) in [5.74, 6) is -0.383. The van der Waals surface area contributed by atoms with Crippen LogP contribution in [0.4, 0.5) is 11.4 Å². The normalized spacial score (nSPS) is 10.3. The minimum absolute atomic E-state index is 0.147. The molecule has 0 aliphatic heterocycles. The number of nitro groups is 1. The molecule has 6 nitrogen and oxygen atoms in total. The molecule has 2 aromatic rings. The van der Waals surface area contributed by atoms with Crippen LogP contribution in [0.3, 0.4) is 0 Å². The number of anilines is 1. The zero-order valence-electron chi connectivity index (χ0n) is 12.8. The highest BCUT2D eigenvalue weighted by atomic mass is 35.5. The van der Waals surface area contributed by atoms with Crippen molar-refractivity contribution < 1.29 is 9.72 Å². The largest absolute Gasteiger partial charge is 0.383 e. The first-order valence-electron chi connectivity index (χ1n) is 7.10. The van der Waals surface area contributed by atoms with Gasteiger partial charge in [0.2, 0.25) is 0 Å². The summed E-state index contributed by atoms with van der Waals surface area (Å²) < 4.78 is 0. The smallest absolute Gasteiger partial charge is 0.293 e. The molecule has 0 aromatic heterocycles. The van der Waals surface area contributed by atoms with Crippen LogP contribution >= 0.6 is 23.2 Å². The van der Waals surface area contributed by atoms with Gasteiger partial charge in [0.1, 0.15) is 5.69 Å². The third kappa shape index (κ3) is 4.37. The number of amides is 1. The lowest BCUT2D eigenvalue weighted by Crippen LogP contribution is -2.25. The summed E-state index contributed by atoms with van der Waals surface area (Å²) in [6, 6.07) is 9.44. The van der Waals surface area contributed by atoms with E-state index in [0.29, 0.717) is 28.7 Å². The predicted molar refractivity (Wildman–Crippen MR) is 95.1 cm³/mol. The summed E-state index contributed by atoms with van der Waals surface area (Å²) in [5.41, 5.74) is 1.29. The third-order valence-electron chi connectivity index (χ3n) is 3.42. The molecule has 0 saturated heterocycles. The van der Waals surface area contributed by atoms with Gasteiger partial charge in [0.05, 0.1) is 4.92 Å². The summed E-state index contributed by atoms with van der Waals surface area (Å²) >= 11 is 11.9. The van der Waals surface area contributed by atoms with Gasteiger partial charge < -0.3 is 10.6 Å². The molecular formula is C16H15Cl2N3O3. The average Bonchev–Trinajstić information content (AvgIpc) is 2.56. The van der Waals surface area contributed by atoms with Crippen LogP contribution in [0.25, 0.3) is 0 Å².